The molecule has 0 bridgehead atoms. The molecule has 1 aromatic rings. The highest BCUT2D eigenvalue weighted by molar-refractivity contribution is 5.73. The Labute approximate surface area is 137 Å². The minimum absolute atomic E-state index is 0.158. The lowest BCUT2D eigenvalue weighted by Crippen LogP contribution is -2.38. The smallest absolute Gasteiger partial charge is 0.475 e. The molecule has 2 fully saturated rings. The fourth-order valence-corrected chi connectivity index (χ4v) is 2.84. The summed E-state index contributed by atoms with van der Waals surface area (Å²) in [5.74, 6) is -1.86. The molecule has 9 heteroatoms. The SMILES string of the molecule is Cn1cc(C[C@H]2[C@H](O)CCN2CC2CC2)cn1.O=C(O)C(F)(F)F. The van der Waals surface area contributed by atoms with E-state index in [1.54, 1.807) is 0 Å². The number of carbonyl (C=O) groups is 1. The first-order valence-corrected chi connectivity index (χ1v) is 7.86. The van der Waals surface area contributed by atoms with E-state index in [0.29, 0.717) is 6.04 Å². The van der Waals surface area contributed by atoms with Crippen molar-refractivity contribution < 1.29 is 28.2 Å². The van der Waals surface area contributed by atoms with Gasteiger partial charge in [0.25, 0.3) is 0 Å². The molecule has 0 aromatic carbocycles. The number of hydrogen-bond acceptors (Lipinski definition) is 4. The van der Waals surface area contributed by atoms with E-state index in [9.17, 15) is 18.3 Å². The number of likely N-dealkylation sites (tertiary alicyclic amines) is 1. The number of aliphatic carboxylic acids is 1. The Kier molecular flexibility index (Phi) is 5.87. The van der Waals surface area contributed by atoms with Crippen molar-refractivity contribution in [1.29, 1.82) is 0 Å². The molecule has 1 aliphatic heterocycles. The van der Waals surface area contributed by atoms with Crippen LogP contribution in [0.15, 0.2) is 12.4 Å². The molecule has 136 valence electrons. The van der Waals surface area contributed by atoms with Crippen LogP contribution in [0.4, 0.5) is 13.2 Å². The topological polar surface area (TPSA) is 78.6 Å². The van der Waals surface area contributed by atoms with Crippen LogP contribution in [0.5, 0.6) is 0 Å². The lowest BCUT2D eigenvalue weighted by Gasteiger charge is -2.25. The van der Waals surface area contributed by atoms with Crippen LogP contribution < -0.4 is 0 Å². The molecule has 24 heavy (non-hydrogen) atoms. The number of carboxylic acids is 1. The molecule has 0 unspecified atom stereocenters. The average Bonchev–Trinajstić information content (AvgIpc) is 3.11. The summed E-state index contributed by atoms with van der Waals surface area (Å²) in [6.45, 7) is 2.24. The number of aliphatic hydroxyl groups excluding tert-OH is 1. The van der Waals surface area contributed by atoms with Crippen molar-refractivity contribution in [3.8, 4) is 0 Å². The van der Waals surface area contributed by atoms with Gasteiger partial charge in [-0.25, -0.2) is 4.79 Å². The van der Waals surface area contributed by atoms with Gasteiger partial charge in [0.15, 0.2) is 0 Å². The number of aryl methyl sites for hydroxylation is 1. The number of aromatic nitrogens is 2. The van der Waals surface area contributed by atoms with Crippen molar-refractivity contribution in [2.45, 2.75) is 44.0 Å². The Hall–Kier alpha value is -1.61. The Bertz CT molecular complexity index is 558. The van der Waals surface area contributed by atoms with Gasteiger partial charge in [0.05, 0.1) is 12.3 Å². The van der Waals surface area contributed by atoms with E-state index in [1.165, 1.54) is 24.9 Å². The Morgan fingerprint density at radius 1 is 1.38 bits per heavy atom. The summed E-state index contributed by atoms with van der Waals surface area (Å²) < 4.78 is 33.6. The second kappa shape index (κ2) is 7.52. The van der Waals surface area contributed by atoms with Crippen LogP contribution in [0, 0.1) is 5.92 Å². The fraction of sp³-hybridized carbons (Fsp3) is 0.733. The standard InChI is InChI=1S/C13H21N3O.C2HF3O2/c1-15-8-11(7-14-15)6-12-13(17)4-5-16(12)9-10-2-3-10;3-2(4,5)1(6)7/h7-8,10,12-13,17H,2-6,9H2,1H3;(H,6,7)/t12-,13+;/m0./s1. The zero-order chi connectivity index (χ0) is 17.9. The van der Waals surface area contributed by atoms with Crippen LogP contribution in [0.2, 0.25) is 0 Å². The number of alkyl halides is 3. The van der Waals surface area contributed by atoms with Crippen LogP contribution in [-0.2, 0) is 18.3 Å². The van der Waals surface area contributed by atoms with Crippen LogP contribution in [0.1, 0.15) is 24.8 Å². The minimum atomic E-state index is -5.08. The van der Waals surface area contributed by atoms with Gasteiger partial charge in [-0.3, -0.25) is 9.58 Å². The molecular weight excluding hydrogens is 327 g/mol. The third-order valence-corrected chi connectivity index (χ3v) is 4.26. The van der Waals surface area contributed by atoms with Crippen molar-refractivity contribution in [1.82, 2.24) is 14.7 Å². The van der Waals surface area contributed by atoms with Crippen LogP contribution >= 0.6 is 0 Å². The molecule has 2 heterocycles. The monoisotopic (exact) mass is 349 g/mol. The predicted octanol–water partition coefficient (Wildman–Crippen LogP) is 1.44. The van der Waals surface area contributed by atoms with Gasteiger partial charge in [-0.05, 0) is 37.2 Å². The summed E-state index contributed by atoms with van der Waals surface area (Å²) in [5.41, 5.74) is 1.24. The van der Waals surface area contributed by atoms with Gasteiger partial charge >= 0.3 is 12.1 Å². The van der Waals surface area contributed by atoms with Gasteiger partial charge in [0.2, 0.25) is 0 Å². The first-order chi connectivity index (χ1) is 11.2. The molecule has 2 aliphatic rings. The van der Waals surface area contributed by atoms with Crippen molar-refractivity contribution in [3.63, 3.8) is 0 Å². The minimum Gasteiger partial charge on any atom is -0.475 e. The van der Waals surface area contributed by atoms with E-state index in [1.807, 2.05) is 17.9 Å². The van der Waals surface area contributed by atoms with Crippen molar-refractivity contribution in [2.75, 3.05) is 13.1 Å². The van der Waals surface area contributed by atoms with Gasteiger partial charge in [-0.2, -0.15) is 18.3 Å². The van der Waals surface area contributed by atoms with Gasteiger partial charge in [-0.15, -0.1) is 0 Å². The number of hydrogen-bond donors (Lipinski definition) is 2. The average molecular weight is 349 g/mol. The van der Waals surface area contributed by atoms with Gasteiger partial charge < -0.3 is 10.2 Å². The number of carboxylic acid groups (broad SMARTS) is 1. The lowest BCUT2D eigenvalue weighted by atomic mass is 10.0. The molecule has 2 N–H and O–H groups in total. The molecule has 2 atom stereocenters. The third kappa shape index (κ3) is 5.48. The highest BCUT2D eigenvalue weighted by Gasteiger charge is 2.38. The zero-order valence-electron chi connectivity index (χ0n) is 13.4. The largest absolute Gasteiger partial charge is 0.490 e. The van der Waals surface area contributed by atoms with Gasteiger partial charge in [-0.1, -0.05) is 0 Å². The Morgan fingerprint density at radius 2 is 2.00 bits per heavy atom. The van der Waals surface area contributed by atoms with Gasteiger partial charge in [0.1, 0.15) is 0 Å². The first-order valence-electron chi connectivity index (χ1n) is 7.86. The van der Waals surface area contributed by atoms with E-state index in [-0.39, 0.29) is 6.10 Å². The van der Waals surface area contributed by atoms with Crippen molar-refractivity contribution in [3.05, 3.63) is 18.0 Å². The van der Waals surface area contributed by atoms with Crippen LogP contribution in [0.3, 0.4) is 0 Å². The molecule has 0 radical (unpaired) electrons. The van der Waals surface area contributed by atoms with E-state index in [2.05, 4.69) is 16.2 Å². The van der Waals surface area contributed by atoms with E-state index < -0.39 is 12.1 Å². The molecular formula is C15H22F3N3O3. The van der Waals surface area contributed by atoms with E-state index >= 15 is 0 Å². The summed E-state index contributed by atoms with van der Waals surface area (Å²) in [5, 5.41) is 21.4. The van der Waals surface area contributed by atoms with Crippen LogP contribution in [0.25, 0.3) is 0 Å². The second-order valence-electron chi connectivity index (χ2n) is 6.39. The Balaban J connectivity index is 0.000000256. The number of halogens is 3. The van der Waals surface area contributed by atoms with Crippen LogP contribution in [-0.4, -0.2) is 62.3 Å². The second-order valence-corrected chi connectivity index (χ2v) is 6.39. The fourth-order valence-electron chi connectivity index (χ4n) is 2.84. The summed E-state index contributed by atoms with van der Waals surface area (Å²) in [6, 6.07) is 0.305. The number of rotatable bonds is 4. The summed E-state index contributed by atoms with van der Waals surface area (Å²) >= 11 is 0. The van der Waals surface area contributed by atoms with Crippen molar-refractivity contribution >= 4 is 5.97 Å². The Morgan fingerprint density at radius 3 is 2.46 bits per heavy atom. The molecule has 1 aliphatic carbocycles. The van der Waals surface area contributed by atoms with E-state index in [0.717, 1.165) is 25.3 Å². The maximum absolute atomic E-state index is 10.6. The zero-order valence-corrected chi connectivity index (χ0v) is 13.4. The molecule has 1 saturated carbocycles. The summed E-state index contributed by atoms with van der Waals surface area (Å²) in [6.07, 6.45) is 3.35. The number of nitrogens with zero attached hydrogens (tertiary/aromatic N) is 3. The molecule has 6 nitrogen and oxygen atoms in total. The normalized spacial score (nSPS) is 24.5. The highest BCUT2D eigenvalue weighted by atomic mass is 19.4. The predicted molar refractivity (Wildman–Crippen MR) is 79.3 cm³/mol. The lowest BCUT2D eigenvalue weighted by molar-refractivity contribution is -0.192. The molecule has 0 spiro atoms. The maximum atomic E-state index is 10.6. The first kappa shape index (κ1) is 18.7. The summed E-state index contributed by atoms with van der Waals surface area (Å²) in [4.78, 5) is 11.4. The summed E-state index contributed by atoms with van der Waals surface area (Å²) in [7, 11) is 1.94. The van der Waals surface area contributed by atoms with Gasteiger partial charge in [0, 0.05) is 32.4 Å². The molecule has 1 saturated heterocycles. The molecule has 0 amide bonds. The molecule has 3 rings (SSSR count). The van der Waals surface area contributed by atoms with E-state index in [4.69, 9.17) is 9.90 Å². The molecule has 1 aromatic heterocycles. The highest BCUT2D eigenvalue weighted by Crippen LogP contribution is 2.33. The number of aliphatic hydroxyl groups is 1. The quantitative estimate of drug-likeness (QED) is 0.860. The maximum Gasteiger partial charge on any atom is 0.490 e. The van der Waals surface area contributed by atoms with Crippen molar-refractivity contribution in [2.24, 2.45) is 13.0 Å². The third-order valence-electron chi connectivity index (χ3n) is 4.26.